The first-order chi connectivity index (χ1) is 10.1. The molecule has 2 aromatic carbocycles. The number of halogens is 1. The summed E-state index contributed by atoms with van der Waals surface area (Å²) >= 11 is 6.04. The highest BCUT2D eigenvalue weighted by molar-refractivity contribution is 6.32. The molecular weight excluding hydrogens is 286 g/mol. The van der Waals surface area contributed by atoms with Crippen LogP contribution in [0.15, 0.2) is 46.9 Å². The molecule has 21 heavy (non-hydrogen) atoms. The third-order valence-electron chi connectivity index (χ3n) is 3.53. The average Bonchev–Trinajstić information content (AvgIpc) is 2.90. The molecule has 0 amide bonds. The normalized spacial score (nSPS) is 12.6. The molecule has 1 unspecified atom stereocenters. The standard InChI is InChI=1S/C17H16ClNO2/c1-10-3-6-14-12(7-10)9-16(21-14)17(19)11-4-5-13(18)15(8-11)20-2/h3-9,17H,19H2,1-2H3. The molecule has 1 aromatic heterocycles. The van der Waals surface area contributed by atoms with Crippen molar-refractivity contribution in [1.29, 1.82) is 0 Å². The van der Waals surface area contributed by atoms with E-state index in [0.717, 1.165) is 22.3 Å². The molecule has 1 atom stereocenters. The highest BCUT2D eigenvalue weighted by atomic mass is 35.5. The Balaban J connectivity index is 2.01. The molecule has 3 nitrogen and oxygen atoms in total. The number of aryl methyl sites for hydroxylation is 1. The minimum Gasteiger partial charge on any atom is -0.495 e. The third-order valence-corrected chi connectivity index (χ3v) is 3.84. The fourth-order valence-corrected chi connectivity index (χ4v) is 2.57. The van der Waals surface area contributed by atoms with Crippen molar-refractivity contribution in [2.45, 2.75) is 13.0 Å². The second-order valence-corrected chi connectivity index (χ2v) is 5.47. The maximum Gasteiger partial charge on any atom is 0.137 e. The van der Waals surface area contributed by atoms with E-state index < -0.39 is 0 Å². The maximum atomic E-state index is 6.30. The van der Waals surface area contributed by atoms with Crippen molar-refractivity contribution >= 4 is 22.6 Å². The fraction of sp³-hybridized carbons (Fsp3) is 0.176. The number of furan rings is 1. The molecule has 0 bridgehead atoms. The van der Waals surface area contributed by atoms with Crippen molar-refractivity contribution in [3.05, 3.63) is 64.4 Å². The summed E-state index contributed by atoms with van der Waals surface area (Å²) in [6, 6.07) is 13.2. The van der Waals surface area contributed by atoms with Crippen LogP contribution in [0.25, 0.3) is 11.0 Å². The van der Waals surface area contributed by atoms with Gasteiger partial charge in [0, 0.05) is 5.39 Å². The molecule has 0 saturated carbocycles. The summed E-state index contributed by atoms with van der Waals surface area (Å²) in [6.07, 6.45) is 0. The molecular formula is C17H16ClNO2. The number of hydrogen-bond donors (Lipinski definition) is 1. The summed E-state index contributed by atoms with van der Waals surface area (Å²) in [4.78, 5) is 0. The lowest BCUT2D eigenvalue weighted by molar-refractivity contribution is 0.414. The SMILES string of the molecule is COc1cc(C(N)c2cc3cc(C)ccc3o2)ccc1Cl. The number of nitrogens with two attached hydrogens (primary N) is 1. The van der Waals surface area contributed by atoms with Crippen molar-refractivity contribution in [3.8, 4) is 5.75 Å². The zero-order chi connectivity index (χ0) is 15.0. The topological polar surface area (TPSA) is 48.4 Å². The van der Waals surface area contributed by atoms with Crippen LogP contribution in [0.2, 0.25) is 5.02 Å². The highest BCUT2D eigenvalue weighted by Gasteiger charge is 2.16. The van der Waals surface area contributed by atoms with Gasteiger partial charge in [-0.1, -0.05) is 29.3 Å². The molecule has 0 spiro atoms. The van der Waals surface area contributed by atoms with Gasteiger partial charge in [-0.2, -0.15) is 0 Å². The second-order valence-electron chi connectivity index (χ2n) is 5.06. The van der Waals surface area contributed by atoms with Crippen LogP contribution in [0, 0.1) is 6.92 Å². The zero-order valence-electron chi connectivity index (χ0n) is 11.9. The van der Waals surface area contributed by atoms with Gasteiger partial charge in [0.2, 0.25) is 0 Å². The van der Waals surface area contributed by atoms with E-state index >= 15 is 0 Å². The van der Waals surface area contributed by atoms with Crippen LogP contribution in [-0.2, 0) is 0 Å². The average molecular weight is 302 g/mol. The Bertz CT molecular complexity index is 795. The summed E-state index contributed by atoms with van der Waals surface area (Å²) in [5.41, 5.74) is 9.23. The van der Waals surface area contributed by atoms with Crippen molar-refractivity contribution < 1.29 is 9.15 Å². The molecule has 0 fully saturated rings. The minimum atomic E-state index is -0.358. The first-order valence-corrected chi connectivity index (χ1v) is 7.05. The zero-order valence-corrected chi connectivity index (χ0v) is 12.6. The Morgan fingerprint density at radius 2 is 1.95 bits per heavy atom. The number of methoxy groups -OCH3 is 1. The second kappa shape index (κ2) is 5.43. The van der Waals surface area contributed by atoms with Crippen LogP contribution >= 0.6 is 11.6 Å². The molecule has 3 rings (SSSR count). The van der Waals surface area contributed by atoms with Crippen LogP contribution < -0.4 is 10.5 Å². The largest absolute Gasteiger partial charge is 0.495 e. The Hall–Kier alpha value is -1.97. The lowest BCUT2D eigenvalue weighted by Crippen LogP contribution is -2.10. The van der Waals surface area contributed by atoms with Gasteiger partial charge in [0.1, 0.15) is 17.1 Å². The van der Waals surface area contributed by atoms with Crippen LogP contribution in [0.5, 0.6) is 5.75 Å². The van der Waals surface area contributed by atoms with E-state index in [0.29, 0.717) is 10.8 Å². The number of ether oxygens (including phenoxy) is 1. The molecule has 0 radical (unpaired) electrons. The van der Waals surface area contributed by atoms with Crippen molar-refractivity contribution in [2.75, 3.05) is 7.11 Å². The van der Waals surface area contributed by atoms with Gasteiger partial charge in [-0.05, 0) is 42.8 Å². The lowest BCUT2D eigenvalue weighted by Gasteiger charge is -2.11. The molecule has 0 aliphatic heterocycles. The Morgan fingerprint density at radius 3 is 2.71 bits per heavy atom. The molecule has 0 aliphatic carbocycles. The molecule has 108 valence electrons. The highest BCUT2D eigenvalue weighted by Crippen LogP contribution is 2.31. The van der Waals surface area contributed by atoms with E-state index in [2.05, 4.69) is 13.0 Å². The fourth-order valence-electron chi connectivity index (χ4n) is 2.37. The van der Waals surface area contributed by atoms with Gasteiger partial charge in [0.25, 0.3) is 0 Å². The van der Waals surface area contributed by atoms with Crippen LogP contribution in [0.1, 0.15) is 22.9 Å². The number of hydrogen-bond acceptors (Lipinski definition) is 3. The lowest BCUT2D eigenvalue weighted by atomic mass is 10.0. The first kappa shape index (κ1) is 14.0. The molecule has 4 heteroatoms. The third kappa shape index (κ3) is 2.62. The Morgan fingerprint density at radius 1 is 1.14 bits per heavy atom. The summed E-state index contributed by atoms with van der Waals surface area (Å²) in [5.74, 6) is 1.33. The minimum absolute atomic E-state index is 0.358. The molecule has 2 N–H and O–H groups in total. The predicted octanol–water partition coefficient (Wildman–Crippen LogP) is 4.45. The van der Waals surface area contributed by atoms with E-state index in [-0.39, 0.29) is 6.04 Å². The monoisotopic (exact) mass is 301 g/mol. The van der Waals surface area contributed by atoms with Gasteiger partial charge < -0.3 is 14.9 Å². The summed E-state index contributed by atoms with van der Waals surface area (Å²) < 4.78 is 11.1. The number of benzene rings is 2. The van der Waals surface area contributed by atoms with E-state index in [1.807, 2.05) is 30.3 Å². The van der Waals surface area contributed by atoms with E-state index in [1.54, 1.807) is 13.2 Å². The Kier molecular flexibility index (Phi) is 3.62. The molecule has 0 aliphatic rings. The molecule has 3 aromatic rings. The summed E-state index contributed by atoms with van der Waals surface area (Å²) in [7, 11) is 1.58. The quantitative estimate of drug-likeness (QED) is 0.777. The summed E-state index contributed by atoms with van der Waals surface area (Å²) in [6.45, 7) is 2.05. The van der Waals surface area contributed by atoms with Crippen LogP contribution in [0.4, 0.5) is 0 Å². The number of rotatable bonds is 3. The van der Waals surface area contributed by atoms with Gasteiger partial charge in [0.05, 0.1) is 18.2 Å². The van der Waals surface area contributed by atoms with Crippen LogP contribution in [-0.4, -0.2) is 7.11 Å². The predicted molar refractivity (Wildman–Crippen MR) is 85.0 cm³/mol. The van der Waals surface area contributed by atoms with Gasteiger partial charge in [-0.15, -0.1) is 0 Å². The van der Waals surface area contributed by atoms with Gasteiger partial charge >= 0.3 is 0 Å². The maximum absolute atomic E-state index is 6.30. The molecule has 1 heterocycles. The first-order valence-electron chi connectivity index (χ1n) is 6.67. The summed E-state index contributed by atoms with van der Waals surface area (Å²) in [5, 5.41) is 1.62. The smallest absolute Gasteiger partial charge is 0.137 e. The van der Waals surface area contributed by atoms with E-state index in [9.17, 15) is 0 Å². The van der Waals surface area contributed by atoms with Crippen molar-refractivity contribution in [3.63, 3.8) is 0 Å². The van der Waals surface area contributed by atoms with E-state index in [4.69, 9.17) is 26.5 Å². The van der Waals surface area contributed by atoms with Gasteiger partial charge in [-0.3, -0.25) is 0 Å². The van der Waals surface area contributed by atoms with Gasteiger partial charge in [0.15, 0.2) is 0 Å². The molecule has 0 saturated heterocycles. The van der Waals surface area contributed by atoms with Crippen LogP contribution in [0.3, 0.4) is 0 Å². The number of fused-ring (bicyclic) bond motifs is 1. The van der Waals surface area contributed by atoms with Crippen molar-refractivity contribution in [2.24, 2.45) is 5.73 Å². The van der Waals surface area contributed by atoms with Crippen molar-refractivity contribution in [1.82, 2.24) is 0 Å². The van der Waals surface area contributed by atoms with Gasteiger partial charge in [-0.25, -0.2) is 0 Å². The Labute approximate surface area is 128 Å². The van der Waals surface area contributed by atoms with E-state index in [1.165, 1.54) is 5.56 Å².